The first-order valence-corrected chi connectivity index (χ1v) is 8.98. The fourth-order valence-corrected chi connectivity index (χ4v) is 3.33. The van der Waals surface area contributed by atoms with E-state index in [-0.39, 0.29) is 4.90 Å². The summed E-state index contributed by atoms with van der Waals surface area (Å²) in [6.45, 7) is 1.89. The Morgan fingerprint density at radius 1 is 1.10 bits per heavy atom. The molecule has 0 heterocycles. The predicted molar refractivity (Wildman–Crippen MR) is 86.8 cm³/mol. The number of nitrogens with one attached hydrogen (secondary N) is 1. The van der Waals surface area contributed by atoms with Crippen molar-refractivity contribution in [3.63, 3.8) is 0 Å². The highest BCUT2D eigenvalue weighted by Gasteiger charge is 2.16. The molecule has 0 aliphatic rings. The van der Waals surface area contributed by atoms with E-state index in [9.17, 15) is 8.42 Å². The molecule has 112 valence electrons. The van der Waals surface area contributed by atoms with Crippen molar-refractivity contribution >= 4 is 27.5 Å². The molecule has 2 rings (SSSR count). The van der Waals surface area contributed by atoms with Gasteiger partial charge in [0.1, 0.15) is 5.75 Å². The van der Waals surface area contributed by atoms with Gasteiger partial charge in [0.25, 0.3) is 10.0 Å². The molecule has 0 spiro atoms. The lowest BCUT2D eigenvalue weighted by Gasteiger charge is -2.12. The number of anilines is 1. The molecule has 2 aromatic carbocycles. The number of aryl methyl sites for hydroxylation is 1. The molecule has 4 nitrogen and oxygen atoms in total. The fourth-order valence-electron chi connectivity index (χ4n) is 1.86. The average Bonchev–Trinajstić information content (AvgIpc) is 2.47. The summed E-state index contributed by atoms with van der Waals surface area (Å²) in [5.41, 5.74) is 1.39. The van der Waals surface area contributed by atoms with Crippen molar-refractivity contribution < 1.29 is 13.2 Å². The van der Waals surface area contributed by atoms with E-state index in [0.29, 0.717) is 11.4 Å². The van der Waals surface area contributed by atoms with Gasteiger partial charge in [-0.25, -0.2) is 8.42 Å². The zero-order chi connectivity index (χ0) is 15.5. The first kappa shape index (κ1) is 15.7. The molecule has 0 aliphatic carbocycles. The van der Waals surface area contributed by atoms with Crippen LogP contribution in [0.1, 0.15) is 5.56 Å². The number of benzene rings is 2. The van der Waals surface area contributed by atoms with Gasteiger partial charge in [0.2, 0.25) is 0 Å². The standard InChI is InChI=1S/C15H17NO3S2/c1-11-4-9-15(19-2)14(10-11)16-21(17,18)13-7-5-12(20-3)6-8-13/h4-10,16H,1-3H3. The van der Waals surface area contributed by atoms with Crippen molar-refractivity contribution in [2.75, 3.05) is 18.1 Å². The number of hydrogen-bond donors (Lipinski definition) is 1. The second-order valence-corrected chi connectivity index (χ2v) is 7.05. The van der Waals surface area contributed by atoms with Gasteiger partial charge in [-0.15, -0.1) is 11.8 Å². The fraction of sp³-hybridized carbons (Fsp3) is 0.200. The third kappa shape index (κ3) is 3.71. The maximum absolute atomic E-state index is 12.4. The number of thioether (sulfide) groups is 1. The number of hydrogen-bond acceptors (Lipinski definition) is 4. The van der Waals surface area contributed by atoms with Crippen LogP contribution in [0.3, 0.4) is 0 Å². The smallest absolute Gasteiger partial charge is 0.262 e. The van der Waals surface area contributed by atoms with Gasteiger partial charge < -0.3 is 4.74 Å². The van der Waals surface area contributed by atoms with Gasteiger partial charge in [0, 0.05) is 4.90 Å². The Balaban J connectivity index is 2.34. The van der Waals surface area contributed by atoms with E-state index < -0.39 is 10.0 Å². The van der Waals surface area contributed by atoms with Gasteiger partial charge in [-0.3, -0.25) is 4.72 Å². The Hall–Kier alpha value is -1.66. The highest BCUT2D eigenvalue weighted by Crippen LogP contribution is 2.28. The van der Waals surface area contributed by atoms with Crippen molar-refractivity contribution in [2.45, 2.75) is 16.7 Å². The summed E-state index contributed by atoms with van der Waals surface area (Å²) >= 11 is 1.56. The predicted octanol–water partition coefficient (Wildman–Crippen LogP) is 3.53. The molecule has 0 radical (unpaired) electrons. The highest BCUT2D eigenvalue weighted by atomic mass is 32.2. The summed E-state index contributed by atoms with van der Waals surface area (Å²) in [5.74, 6) is 0.491. The van der Waals surface area contributed by atoms with Gasteiger partial charge in [0.05, 0.1) is 17.7 Å². The summed E-state index contributed by atoms with van der Waals surface area (Å²) in [6, 6.07) is 12.1. The normalized spacial score (nSPS) is 11.2. The quantitative estimate of drug-likeness (QED) is 0.855. The minimum absolute atomic E-state index is 0.226. The summed E-state index contributed by atoms with van der Waals surface area (Å²) in [4.78, 5) is 1.24. The molecule has 0 amide bonds. The van der Waals surface area contributed by atoms with Crippen LogP contribution < -0.4 is 9.46 Å². The SMILES string of the molecule is COc1ccc(C)cc1NS(=O)(=O)c1ccc(SC)cc1. The van der Waals surface area contributed by atoms with Crippen LogP contribution in [0.4, 0.5) is 5.69 Å². The lowest BCUT2D eigenvalue weighted by molar-refractivity contribution is 0.417. The summed E-state index contributed by atoms with van der Waals surface area (Å²) in [6.07, 6.45) is 1.94. The monoisotopic (exact) mass is 323 g/mol. The maximum Gasteiger partial charge on any atom is 0.262 e. The molecule has 2 aromatic rings. The Morgan fingerprint density at radius 3 is 2.33 bits per heavy atom. The van der Waals surface area contributed by atoms with Crippen molar-refractivity contribution in [1.29, 1.82) is 0 Å². The molecule has 0 saturated heterocycles. The molecular weight excluding hydrogens is 306 g/mol. The molecule has 0 saturated carbocycles. The highest BCUT2D eigenvalue weighted by molar-refractivity contribution is 7.98. The van der Waals surface area contributed by atoms with E-state index in [1.54, 1.807) is 48.2 Å². The topological polar surface area (TPSA) is 55.4 Å². The largest absolute Gasteiger partial charge is 0.495 e. The van der Waals surface area contributed by atoms with Crippen LogP contribution in [0.2, 0.25) is 0 Å². The molecule has 21 heavy (non-hydrogen) atoms. The van der Waals surface area contributed by atoms with Gasteiger partial charge >= 0.3 is 0 Å². The van der Waals surface area contributed by atoms with E-state index in [1.165, 1.54) is 7.11 Å². The molecule has 1 N–H and O–H groups in total. The second kappa shape index (κ2) is 6.41. The number of rotatable bonds is 5. The molecule has 0 bridgehead atoms. The van der Waals surface area contributed by atoms with E-state index >= 15 is 0 Å². The third-order valence-corrected chi connectivity index (χ3v) is 5.09. The van der Waals surface area contributed by atoms with Crippen LogP contribution in [0.15, 0.2) is 52.3 Å². The van der Waals surface area contributed by atoms with E-state index in [1.807, 2.05) is 19.2 Å². The lowest BCUT2D eigenvalue weighted by Crippen LogP contribution is -2.13. The van der Waals surface area contributed by atoms with Crippen molar-refractivity contribution in [1.82, 2.24) is 0 Å². The van der Waals surface area contributed by atoms with Crippen LogP contribution in [0, 0.1) is 6.92 Å². The molecular formula is C15H17NO3S2. The van der Waals surface area contributed by atoms with E-state index in [2.05, 4.69) is 4.72 Å². The Labute approximate surface area is 129 Å². The Bertz CT molecular complexity index is 725. The van der Waals surface area contributed by atoms with Crippen LogP contribution in [-0.4, -0.2) is 21.8 Å². The summed E-state index contributed by atoms with van der Waals surface area (Å²) in [7, 11) is -2.12. The molecule has 0 unspecified atom stereocenters. The minimum Gasteiger partial charge on any atom is -0.495 e. The summed E-state index contributed by atoms with van der Waals surface area (Å²) in [5, 5.41) is 0. The molecule has 0 aromatic heterocycles. The van der Waals surface area contributed by atoms with Gasteiger partial charge in [-0.1, -0.05) is 6.07 Å². The molecule has 0 aliphatic heterocycles. The molecule has 0 atom stereocenters. The average molecular weight is 323 g/mol. The Morgan fingerprint density at radius 2 is 1.76 bits per heavy atom. The van der Waals surface area contributed by atoms with E-state index in [4.69, 9.17) is 4.74 Å². The van der Waals surface area contributed by atoms with E-state index in [0.717, 1.165) is 10.5 Å². The number of methoxy groups -OCH3 is 1. The van der Waals surface area contributed by atoms with Crippen molar-refractivity contribution in [3.8, 4) is 5.75 Å². The molecule has 6 heteroatoms. The van der Waals surface area contributed by atoms with Gasteiger partial charge in [0.15, 0.2) is 0 Å². The van der Waals surface area contributed by atoms with Crippen LogP contribution in [0.25, 0.3) is 0 Å². The third-order valence-electron chi connectivity index (χ3n) is 2.97. The second-order valence-electron chi connectivity index (χ2n) is 4.48. The van der Waals surface area contributed by atoms with Crippen molar-refractivity contribution in [3.05, 3.63) is 48.0 Å². The van der Waals surface area contributed by atoms with Gasteiger partial charge in [-0.05, 0) is 55.1 Å². The minimum atomic E-state index is -3.63. The lowest BCUT2D eigenvalue weighted by atomic mass is 10.2. The number of ether oxygens (including phenoxy) is 1. The first-order valence-electron chi connectivity index (χ1n) is 6.28. The maximum atomic E-state index is 12.4. The summed E-state index contributed by atoms with van der Waals surface area (Å²) < 4.78 is 32.6. The molecule has 0 fully saturated rings. The van der Waals surface area contributed by atoms with Crippen molar-refractivity contribution in [2.24, 2.45) is 0 Å². The zero-order valence-electron chi connectivity index (χ0n) is 12.1. The Kier molecular flexibility index (Phi) is 4.80. The van der Waals surface area contributed by atoms with Crippen LogP contribution in [-0.2, 0) is 10.0 Å². The number of sulfonamides is 1. The van der Waals surface area contributed by atoms with Crippen LogP contribution in [0.5, 0.6) is 5.75 Å². The van der Waals surface area contributed by atoms with Gasteiger partial charge in [-0.2, -0.15) is 0 Å². The van der Waals surface area contributed by atoms with Crippen LogP contribution >= 0.6 is 11.8 Å². The first-order chi connectivity index (χ1) is 9.96. The zero-order valence-corrected chi connectivity index (χ0v) is 13.7.